The van der Waals surface area contributed by atoms with E-state index in [4.69, 9.17) is 20.9 Å². The Hall–Kier alpha value is -5.29. The maximum atomic E-state index is 13.7. The number of alkyl carbamates (subject to hydrolysis) is 1. The largest absolute Gasteiger partial charge is 0.496 e. The molecule has 0 aliphatic carbocycles. The summed E-state index contributed by atoms with van der Waals surface area (Å²) in [5, 5.41) is 10.2. The lowest BCUT2D eigenvalue weighted by Crippen LogP contribution is -2.53. The number of hydrogen-bond donors (Lipinski definition) is 5. The van der Waals surface area contributed by atoms with Crippen LogP contribution in [0.5, 0.6) is 5.75 Å². The Morgan fingerprint density at radius 3 is 2.13 bits per heavy atom. The van der Waals surface area contributed by atoms with E-state index in [1.54, 1.807) is 13.2 Å². The number of halogens is 1. The van der Waals surface area contributed by atoms with E-state index in [2.05, 4.69) is 20.9 Å². The highest BCUT2D eigenvalue weighted by Gasteiger charge is 2.28. The highest BCUT2D eigenvalue weighted by atomic mass is 35.5. The summed E-state index contributed by atoms with van der Waals surface area (Å²) < 4.78 is 10.9. The highest BCUT2D eigenvalue weighted by Crippen LogP contribution is 2.30. The molecule has 3 amide bonds. The molecule has 4 aromatic rings. The van der Waals surface area contributed by atoms with Gasteiger partial charge in [-0.25, -0.2) is 4.79 Å². The van der Waals surface area contributed by atoms with E-state index < -0.39 is 30.0 Å². The van der Waals surface area contributed by atoms with Crippen LogP contribution in [0.2, 0.25) is 0 Å². The zero-order valence-corrected chi connectivity index (χ0v) is 26.3. The highest BCUT2D eigenvalue weighted by molar-refractivity contribution is 6.01. The summed E-state index contributed by atoms with van der Waals surface area (Å²) in [6.07, 6.45) is 0.0621. The minimum atomic E-state index is -1.02. The second-order valence-electron chi connectivity index (χ2n) is 10.3. The van der Waals surface area contributed by atoms with Crippen molar-refractivity contribution in [3.63, 3.8) is 0 Å². The first-order chi connectivity index (χ1) is 21.8. The van der Waals surface area contributed by atoms with Crippen LogP contribution in [-0.2, 0) is 27.4 Å². The normalized spacial score (nSPS) is 11.7. The van der Waals surface area contributed by atoms with E-state index in [1.165, 1.54) is 0 Å². The van der Waals surface area contributed by atoms with E-state index in [0.29, 0.717) is 17.9 Å². The molecule has 0 bridgehead atoms. The van der Waals surface area contributed by atoms with Crippen LogP contribution >= 0.6 is 12.4 Å². The number of nitrogens with one attached hydrogen (secondary N) is 3. The van der Waals surface area contributed by atoms with Crippen LogP contribution in [0.4, 0.5) is 10.5 Å². The molecule has 4 aromatic carbocycles. The number of ether oxygens (including phenoxy) is 2. The number of anilines is 1. The molecule has 0 fully saturated rings. The molecule has 242 valence electrons. The number of rotatable bonds is 14. The first kappa shape index (κ1) is 35.2. The Kier molecular flexibility index (Phi) is 13.7. The first-order valence-corrected chi connectivity index (χ1v) is 14.6. The topological polar surface area (TPSA) is 170 Å². The quantitative estimate of drug-likeness (QED) is 0.0773. The summed E-state index contributed by atoms with van der Waals surface area (Å²) >= 11 is 0. The third-order valence-corrected chi connectivity index (χ3v) is 6.99. The Morgan fingerprint density at radius 1 is 0.804 bits per heavy atom. The molecule has 0 spiro atoms. The van der Waals surface area contributed by atoms with Crippen molar-refractivity contribution in [1.82, 2.24) is 10.6 Å². The van der Waals surface area contributed by atoms with E-state index in [-0.39, 0.29) is 44.4 Å². The molecule has 0 heterocycles. The summed E-state index contributed by atoms with van der Waals surface area (Å²) in [6.45, 7) is 0.306. The molecule has 0 saturated carbocycles. The lowest BCUT2D eigenvalue weighted by atomic mass is 10.0. The molecule has 4 rings (SSSR count). The fraction of sp³-hybridized carbons (Fsp3) is 0.235. The minimum absolute atomic E-state index is 0. The molecule has 7 N–H and O–H groups in total. The van der Waals surface area contributed by atoms with Crippen molar-refractivity contribution in [2.45, 2.75) is 38.0 Å². The lowest BCUT2D eigenvalue weighted by molar-refractivity contribution is -0.128. The SMILES string of the molecule is COc1cc(NC(=O)[C@@H](CCCN=C(N)N)NC(=O)[C@@H](Cc2ccccc2)NC(=O)OCc2ccccc2)cc2ccccc12.Cl. The molecule has 0 aliphatic rings. The third-order valence-electron chi connectivity index (χ3n) is 6.99. The van der Waals surface area contributed by atoms with Crippen molar-refractivity contribution in [3.05, 3.63) is 108 Å². The smallest absolute Gasteiger partial charge is 0.408 e. The Labute approximate surface area is 274 Å². The number of nitrogens with zero attached hydrogens (tertiary/aromatic N) is 1. The Morgan fingerprint density at radius 2 is 1.46 bits per heavy atom. The van der Waals surface area contributed by atoms with E-state index in [9.17, 15) is 14.4 Å². The Balaban J connectivity index is 0.00000576. The van der Waals surface area contributed by atoms with Gasteiger partial charge in [0, 0.05) is 30.1 Å². The third kappa shape index (κ3) is 10.7. The van der Waals surface area contributed by atoms with E-state index in [1.807, 2.05) is 91.0 Å². The van der Waals surface area contributed by atoms with Gasteiger partial charge in [0.25, 0.3) is 0 Å². The summed E-state index contributed by atoms with van der Waals surface area (Å²) in [6, 6.07) is 27.7. The van der Waals surface area contributed by atoms with Gasteiger partial charge in [-0.3, -0.25) is 14.6 Å². The van der Waals surface area contributed by atoms with Crippen LogP contribution in [0.25, 0.3) is 10.8 Å². The molecule has 0 radical (unpaired) electrons. The van der Waals surface area contributed by atoms with Crippen molar-refractivity contribution >= 4 is 52.7 Å². The van der Waals surface area contributed by atoms with Gasteiger partial charge in [0.15, 0.2) is 5.96 Å². The molecule has 12 heteroatoms. The van der Waals surface area contributed by atoms with Crippen molar-refractivity contribution in [1.29, 1.82) is 0 Å². The average molecular weight is 647 g/mol. The summed E-state index contributed by atoms with van der Waals surface area (Å²) in [4.78, 5) is 44.1. The maximum absolute atomic E-state index is 13.7. The minimum Gasteiger partial charge on any atom is -0.496 e. The van der Waals surface area contributed by atoms with Gasteiger partial charge in [0.2, 0.25) is 11.8 Å². The molecular formula is C34H39ClN6O5. The molecule has 0 unspecified atom stereocenters. The number of aliphatic imine (C=N–C) groups is 1. The molecule has 46 heavy (non-hydrogen) atoms. The van der Waals surface area contributed by atoms with Gasteiger partial charge in [-0.15, -0.1) is 12.4 Å². The van der Waals surface area contributed by atoms with Crippen LogP contribution in [0.3, 0.4) is 0 Å². The fourth-order valence-corrected chi connectivity index (χ4v) is 4.76. The number of carbonyl (C=O) groups excluding carboxylic acids is 3. The fourth-order valence-electron chi connectivity index (χ4n) is 4.76. The zero-order chi connectivity index (χ0) is 32.0. The lowest BCUT2D eigenvalue weighted by Gasteiger charge is -2.23. The van der Waals surface area contributed by atoms with Crippen LogP contribution in [0.1, 0.15) is 24.0 Å². The van der Waals surface area contributed by atoms with Crippen molar-refractivity contribution in [2.24, 2.45) is 16.5 Å². The van der Waals surface area contributed by atoms with E-state index >= 15 is 0 Å². The van der Waals surface area contributed by atoms with Crippen LogP contribution < -0.4 is 32.2 Å². The number of benzene rings is 4. The number of amides is 3. The average Bonchev–Trinajstić information content (AvgIpc) is 3.05. The molecule has 2 atom stereocenters. The van der Waals surface area contributed by atoms with Gasteiger partial charge >= 0.3 is 6.09 Å². The molecule has 0 aliphatic heterocycles. The first-order valence-electron chi connectivity index (χ1n) is 14.6. The summed E-state index contributed by atoms with van der Waals surface area (Å²) in [5.41, 5.74) is 13.0. The molecular weight excluding hydrogens is 608 g/mol. The number of carbonyl (C=O) groups is 3. The van der Waals surface area contributed by atoms with Crippen molar-refractivity contribution in [3.8, 4) is 5.75 Å². The monoisotopic (exact) mass is 646 g/mol. The standard InChI is InChI=1S/C34H38N6O5.ClH/c1-44-30-21-26(20-25-15-8-9-16-27(25)30)38-31(41)28(17-10-18-37-33(35)36)39-32(42)29(19-23-11-4-2-5-12-23)40-34(43)45-22-24-13-6-3-7-14-24;/h2-9,11-16,20-21,28-29H,10,17-19,22H2,1H3,(H,38,41)(H,39,42)(H,40,43)(H4,35,36,37);1H/t28-,29-;/m1./s1. The van der Waals surface area contributed by atoms with Crippen LogP contribution in [-0.4, -0.2) is 49.6 Å². The van der Waals surface area contributed by atoms with E-state index in [0.717, 1.165) is 21.9 Å². The maximum Gasteiger partial charge on any atom is 0.408 e. The second-order valence-corrected chi connectivity index (χ2v) is 10.3. The van der Waals surface area contributed by atoms with Gasteiger partial charge in [-0.2, -0.15) is 0 Å². The molecule has 0 aromatic heterocycles. The zero-order valence-electron chi connectivity index (χ0n) is 25.5. The van der Waals surface area contributed by atoms with Gasteiger partial charge in [-0.05, 0) is 35.4 Å². The number of nitrogens with two attached hydrogens (primary N) is 2. The van der Waals surface area contributed by atoms with Crippen LogP contribution in [0, 0.1) is 0 Å². The Bertz CT molecular complexity index is 1620. The molecule has 0 saturated heterocycles. The number of guanidine groups is 1. The van der Waals surface area contributed by atoms with Crippen molar-refractivity contribution < 1.29 is 23.9 Å². The predicted molar refractivity (Wildman–Crippen MR) is 182 cm³/mol. The van der Waals surface area contributed by atoms with Gasteiger partial charge < -0.3 is 36.9 Å². The number of fused-ring (bicyclic) bond motifs is 1. The number of methoxy groups -OCH3 is 1. The second kappa shape index (κ2) is 17.9. The summed E-state index contributed by atoms with van der Waals surface area (Å²) in [7, 11) is 1.56. The predicted octanol–water partition coefficient (Wildman–Crippen LogP) is 4.28. The van der Waals surface area contributed by atoms with Gasteiger partial charge in [-0.1, -0.05) is 84.9 Å². The molecule has 11 nitrogen and oxygen atoms in total. The number of hydrogen-bond acceptors (Lipinski definition) is 6. The van der Waals surface area contributed by atoms with Crippen LogP contribution in [0.15, 0.2) is 102 Å². The van der Waals surface area contributed by atoms with Crippen molar-refractivity contribution in [2.75, 3.05) is 19.0 Å². The van der Waals surface area contributed by atoms with Gasteiger partial charge in [0.05, 0.1) is 7.11 Å². The van der Waals surface area contributed by atoms with Gasteiger partial charge in [0.1, 0.15) is 24.4 Å². The summed E-state index contributed by atoms with van der Waals surface area (Å²) in [5.74, 6) is -0.466.